The summed E-state index contributed by atoms with van der Waals surface area (Å²) in [6, 6.07) is 6.15. The fraction of sp³-hybridized carbons (Fsp3) is 0.333. The van der Waals surface area contributed by atoms with Gasteiger partial charge in [-0.25, -0.2) is 0 Å². The monoisotopic (exact) mass is 230 g/mol. The molecule has 0 amide bonds. The molecule has 1 heterocycles. The molecule has 2 heteroatoms. The van der Waals surface area contributed by atoms with E-state index in [1.165, 1.54) is 11.1 Å². The molecule has 0 saturated carbocycles. The second-order valence-electron chi connectivity index (χ2n) is 4.06. The van der Waals surface area contributed by atoms with Crippen molar-refractivity contribution in [2.75, 3.05) is 6.79 Å². The van der Waals surface area contributed by atoms with Gasteiger partial charge < -0.3 is 9.47 Å². The van der Waals surface area contributed by atoms with Crippen LogP contribution in [0.3, 0.4) is 0 Å². The maximum atomic E-state index is 5.36. The van der Waals surface area contributed by atoms with Gasteiger partial charge in [0.2, 0.25) is 6.79 Å². The topological polar surface area (TPSA) is 18.5 Å². The highest BCUT2D eigenvalue weighted by Gasteiger charge is 2.12. The Morgan fingerprint density at radius 3 is 2.94 bits per heavy atom. The quantitative estimate of drug-likeness (QED) is 0.715. The molecular formula is C15H18O2. The van der Waals surface area contributed by atoms with Crippen LogP contribution in [0.25, 0.3) is 0 Å². The molecule has 2 rings (SSSR count). The Labute approximate surface area is 103 Å². The normalized spacial score (nSPS) is 13.8. The summed E-state index contributed by atoms with van der Waals surface area (Å²) in [7, 11) is 0. The molecule has 0 N–H and O–H groups in total. The molecule has 0 bridgehead atoms. The smallest absolute Gasteiger partial charge is 0.231 e. The number of benzene rings is 1. The minimum Gasteiger partial charge on any atom is -0.454 e. The van der Waals surface area contributed by atoms with Crippen LogP contribution in [0, 0.1) is 0 Å². The maximum Gasteiger partial charge on any atom is 0.231 e. The van der Waals surface area contributed by atoms with E-state index in [4.69, 9.17) is 9.47 Å². The molecule has 17 heavy (non-hydrogen) atoms. The number of ether oxygens (including phenoxy) is 2. The van der Waals surface area contributed by atoms with Gasteiger partial charge in [-0.05, 0) is 37.0 Å². The Bertz CT molecular complexity index is 433. The zero-order chi connectivity index (χ0) is 12.1. The molecule has 90 valence electrons. The van der Waals surface area contributed by atoms with Gasteiger partial charge in [-0.1, -0.05) is 37.3 Å². The summed E-state index contributed by atoms with van der Waals surface area (Å²) in [5, 5.41) is 0. The first-order valence-corrected chi connectivity index (χ1v) is 6.03. The summed E-state index contributed by atoms with van der Waals surface area (Å²) >= 11 is 0. The Morgan fingerprint density at radius 1 is 1.35 bits per heavy atom. The van der Waals surface area contributed by atoms with Gasteiger partial charge >= 0.3 is 0 Å². The molecule has 1 aliphatic heterocycles. The van der Waals surface area contributed by atoms with Crippen molar-refractivity contribution in [3.8, 4) is 11.5 Å². The van der Waals surface area contributed by atoms with Crippen LogP contribution in [0.15, 0.2) is 42.5 Å². The van der Waals surface area contributed by atoms with Crippen molar-refractivity contribution in [2.45, 2.75) is 26.2 Å². The molecule has 0 radical (unpaired) electrons. The summed E-state index contributed by atoms with van der Waals surface area (Å²) in [4.78, 5) is 0. The minimum atomic E-state index is 0.342. The standard InChI is InChI=1S/C15H18O2/c1-3-12(4-2)6-5-7-13-8-9-14-15(10-13)17-11-16-14/h3,6,8-10H,1,4-5,7,11H2,2H3. The van der Waals surface area contributed by atoms with Gasteiger partial charge in [0.1, 0.15) is 0 Å². The molecule has 0 atom stereocenters. The van der Waals surface area contributed by atoms with Gasteiger partial charge in [0.15, 0.2) is 11.5 Å². The van der Waals surface area contributed by atoms with Gasteiger partial charge in [-0.2, -0.15) is 0 Å². The van der Waals surface area contributed by atoms with Crippen LogP contribution in [0.1, 0.15) is 25.3 Å². The van der Waals surface area contributed by atoms with Gasteiger partial charge in [0.25, 0.3) is 0 Å². The van der Waals surface area contributed by atoms with E-state index in [9.17, 15) is 0 Å². The predicted molar refractivity (Wildman–Crippen MR) is 69.5 cm³/mol. The van der Waals surface area contributed by atoms with Gasteiger partial charge in [-0.3, -0.25) is 0 Å². The zero-order valence-electron chi connectivity index (χ0n) is 10.2. The van der Waals surface area contributed by atoms with Crippen LogP contribution in [-0.4, -0.2) is 6.79 Å². The second kappa shape index (κ2) is 5.58. The Balaban J connectivity index is 1.96. The van der Waals surface area contributed by atoms with Crippen LogP contribution < -0.4 is 9.47 Å². The Hall–Kier alpha value is -1.70. The number of hydrogen-bond donors (Lipinski definition) is 0. The lowest BCUT2D eigenvalue weighted by Crippen LogP contribution is -1.92. The highest BCUT2D eigenvalue weighted by molar-refractivity contribution is 5.44. The van der Waals surface area contributed by atoms with Crippen molar-refractivity contribution in [1.82, 2.24) is 0 Å². The highest BCUT2D eigenvalue weighted by atomic mass is 16.7. The largest absolute Gasteiger partial charge is 0.454 e. The van der Waals surface area contributed by atoms with Gasteiger partial charge in [0, 0.05) is 0 Å². The van der Waals surface area contributed by atoms with Crippen LogP contribution in [0.5, 0.6) is 11.5 Å². The number of fused-ring (bicyclic) bond motifs is 1. The van der Waals surface area contributed by atoms with E-state index in [0.717, 1.165) is 30.8 Å². The second-order valence-corrected chi connectivity index (χ2v) is 4.06. The van der Waals surface area contributed by atoms with Crippen LogP contribution in [0.2, 0.25) is 0 Å². The molecule has 0 unspecified atom stereocenters. The lowest BCUT2D eigenvalue weighted by Gasteiger charge is -2.02. The van der Waals surface area contributed by atoms with E-state index < -0.39 is 0 Å². The molecule has 1 aromatic rings. The molecule has 1 aromatic carbocycles. The summed E-state index contributed by atoms with van der Waals surface area (Å²) in [5.41, 5.74) is 2.59. The fourth-order valence-corrected chi connectivity index (χ4v) is 1.89. The van der Waals surface area contributed by atoms with Crippen LogP contribution in [-0.2, 0) is 6.42 Å². The maximum absolute atomic E-state index is 5.36. The van der Waals surface area contributed by atoms with E-state index >= 15 is 0 Å². The first kappa shape index (κ1) is 11.8. The van der Waals surface area contributed by atoms with Crippen molar-refractivity contribution in [2.24, 2.45) is 0 Å². The lowest BCUT2D eigenvalue weighted by atomic mass is 10.1. The zero-order valence-corrected chi connectivity index (χ0v) is 10.2. The molecule has 2 nitrogen and oxygen atoms in total. The van der Waals surface area contributed by atoms with Gasteiger partial charge in [-0.15, -0.1) is 0 Å². The molecule has 0 spiro atoms. The first-order chi connectivity index (χ1) is 8.33. The Morgan fingerprint density at radius 2 is 2.18 bits per heavy atom. The summed E-state index contributed by atoms with van der Waals surface area (Å²) in [6.45, 7) is 6.29. The van der Waals surface area contributed by atoms with E-state index in [1.54, 1.807) is 0 Å². The van der Waals surface area contributed by atoms with Crippen LogP contribution >= 0.6 is 0 Å². The molecule has 0 fully saturated rings. The summed E-state index contributed by atoms with van der Waals surface area (Å²) in [5.74, 6) is 1.72. The van der Waals surface area contributed by atoms with Crippen molar-refractivity contribution < 1.29 is 9.47 Å². The first-order valence-electron chi connectivity index (χ1n) is 6.03. The number of rotatable bonds is 5. The minimum absolute atomic E-state index is 0.342. The van der Waals surface area contributed by atoms with E-state index in [2.05, 4.69) is 31.7 Å². The number of allylic oxidation sites excluding steroid dienone is 3. The lowest BCUT2D eigenvalue weighted by molar-refractivity contribution is 0.174. The number of aryl methyl sites for hydroxylation is 1. The van der Waals surface area contributed by atoms with Crippen molar-refractivity contribution in [1.29, 1.82) is 0 Å². The van der Waals surface area contributed by atoms with Gasteiger partial charge in [0.05, 0.1) is 0 Å². The van der Waals surface area contributed by atoms with E-state index in [1.807, 2.05) is 12.1 Å². The molecule has 1 aliphatic rings. The molecular weight excluding hydrogens is 212 g/mol. The van der Waals surface area contributed by atoms with E-state index in [-0.39, 0.29) is 0 Å². The molecule has 0 aliphatic carbocycles. The summed E-state index contributed by atoms with van der Waals surface area (Å²) in [6.07, 6.45) is 7.28. The average Bonchev–Trinajstić information content (AvgIpc) is 2.82. The third-order valence-corrected chi connectivity index (χ3v) is 2.95. The number of hydrogen-bond acceptors (Lipinski definition) is 2. The SMILES string of the molecule is C=CC(=CCCc1ccc2c(c1)OCO2)CC. The molecule has 0 aromatic heterocycles. The predicted octanol–water partition coefficient (Wildman–Crippen LogP) is 3.87. The average molecular weight is 230 g/mol. The third kappa shape index (κ3) is 2.90. The van der Waals surface area contributed by atoms with E-state index in [0.29, 0.717) is 6.79 Å². The van der Waals surface area contributed by atoms with Crippen LogP contribution in [0.4, 0.5) is 0 Å². The van der Waals surface area contributed by atoms with Crippen molar-refractivity contribution in [3.63, 3.8) is 0 Å². The Kier molecular flexibility index (Phi) is 3.86. The fourth-order valence-electron chi connectivity index (χ4n) is 1.89. The summed E-state index contributed by atoms with van der Waals surface area (Å²) < 4.78 is 10.6. The van der Waals surface area contributed by atoms with Crippen molar-refractivity contribution in [3.05, 3.63) is 48.1 Å². The van der Waals surface area contributed by atoms with Crippen molar-refractivity contribution >= 4 is 0 Å². The molecule has 0 saturated heterocycles. The third-order valence-electron chi connectivity index (χ3n) is 2.95. The highest BCUT2D eigenvalue weighted by Crippen LogP contribution is 2.32.